The van der Waals surface area contributed by atoms with Gasteiger partial charge in [0, 0.05) is 0 Å². The molecule has 0 atom stereocenters. The Labute approximate surface area is 87.6 Å². The first-order chi connectivity index (χ1) is 6.54. The predicted octanol–water partition coefficient (Wildman–Crippen LogP) is 3.59. The van der Waals surface area contributed by atoms with Crippen molar-refractivity contribution >= 4 is 6.29 Å². The van der Waals surface area contributed by atoms with Gasteiger partial charge in [-0.2, -0.15) is 0 Å². The maximum absolute atomic E-state index is 10.2. The van der Waals surface area contributed by atoms with E-state index in [2.05, 4.69) is 26.8 Å². The van der Waals surface area contributed by atoms with Gasteiger partial charge in [0.2, 0.25) is 0 Å². The van der Waals surface area contributed by atoms with Gasteiger partial charge in [-0.25, -0.2) is 0 Å². The lowest BCUT2D eigenvalue weighted by Crippen LogP contribution is -2.25. The number of carbonyl (C=O) groups excluding carboxylic acids is 1. The summed E-state index contributed by atoms with van der Waals surface area (Å²) in [5, 5.41) is 0. The Kier molecular flexibility index (Phi) is 3.91. The van der Waals surface area contributed by atoms with Gasteiger partial charge in [-0.15, -0.1) is 0 Å². The Morgan fingerprint density at radius 2 is 1.64 bits per heavy atom. The largest absolute Gasteiger partial charge is 0.299 e. The van der Waals surface area contributed by atoms with E-state index in [-0.39, 0.29) is 0 Å². The second-order valence-electron chi connectivity index (χ2n) is 5.50. The maximum atomic E-state index is 10.2. The minimum Gasteiger partial charge on any atom is -0.299 e. The van der Waals surface area contributed by atoms with Crippen LogP contribution < -0.4 is 0 Å². The zero-order valence-electron chi connectivity index (χ0n) is 9.62. The second-order valence-corrected chi connectivity index (χ2v) is 5.50. The molecule has 0 saturated heterocycles. The smallest absolute Gasteiger partial charge is 0.142 e. The van der Waals surface area contributed by atoms with E-state index in [0.29, 0.717) is 11.3 Å². The third-order valence-corrected chi connectivity index (χ3v) is 3.46. The van der Waals surface area contributed by atoms with Crippen LogP contribution in [-0.4, -0.2) is 6.29 Å². The highest BCUT2D eigenvalue weighted by atomic mass is 16.1. The summed E-state index contributed by atoms with van der Waals surface area (Å²) in [4.78, 5) is 10.2. The summed E-state index contributed by atoms with van der Waals surface area (Å²) < 4.78 is 0. The number of carbonyl (C=O) groups is 1. The lowest BCUT2D eigenvalue weighted by Gasteiger charge is -2.36. The normalized spacial score (nSPS) is 29.4. The second kappa shape index (κ2) is 4.77. The van der Waals surface area contributed by atoms with Gasteiger partial charge in [-0.05, 0) is 49.0 Å². The van der Waals surface area contributed by atoms with Gasteiger partial charge in [0.15, 0.2) is 0 Å². The van der Waals surface area contributed by atoms with Crippen molar-refractivity contribution in [3.8, 4) is 0 Å². The Morgan fingerprint density at radius 1 is 1.07 bits per heavy atom. The molecule has 0 amide bonds. The molecule has 0 aromatic carbocycles. The van der Waals surface area contributed by atoms with Crippen molar-refractivity contribution < 1.29 is 4.79 Å². The fourth-order valence-corrected chi connectivity index (χ4v) is 2.38. The first kappa shape index (κ1) is 11.5. The Bertz CT molecular complexity index is 202. The molecule has 80 valence electrons. The highest BCUT2D eigenvalue weighted by molar-refractivity contribution is 5.64. The van der Waals surface area contributed by atoms with Crippen LogP contribution in [0.25, 0.3) is 0 Å². The summed E-state index contributed by atoms with van der Waals surface area (Å²) in [7, 11) is 0. The SMILES string of the molecule is CC(C)(C)C1CCC(/C=C/C=O)CC1. The van der Waals surface area contributed by atoms with E-state index in [4.69, 9.17) is 0 Å². The van der Waals surface area contributed by atoms with Crippen molar-refractivity contribution in [2.24, 2.45) is 17.3 Å². The van der Waals surface area contributed by atoms with Crippen LogP contribution in [0.15, 0.2) is 12.2 Å². The summed E-state index contributed by atoms with van der Waals surface area (Å²) in [5.74, 6) is 1.52. The molecule has 0 aromatic heterocycles. The third-order valence-electron chi connectivity index (χ3n) is 3.46. The molecule has 0 heterocycles. The van der Waals surface area contributed by atoms with Crippen LogP contribution >= 0.6 is 0 Å². The van der Waals surface area contributed by atoms with Gasteiger partial charge < -0.3 is 0 Å². The summed E-state index contributed by atoms with van der Waals surface area (Å²) in [6, 6.07) is 0. The fraction of sp³-hybridized carbons (Fsp3) is 0.769. The van der Waals surface area contributed by atoms with Crippen LogP contribution in [0.2, 0.25) is 0 Å². The molecular formula is C13H22O. The van der Waals surface area contributed by atoms with Gasteiger partial charge in [-0.3, -0.25) is 4.79 Å². The first-order valence-electron chi connectivity index (χ1n) is 5.66. The van der Waals surface area contributed by atoms with E-state index in [0.717, 1.165) is 12.2 Å². The van der Waals surface area contributed by atoms with Crippen molar-refractivity contribution in [1.82, 2.24) is 0 Å². The number of hydrogen-bond donors (Lipinski definition) is 0. The highest BCUT2D eigenvalue weighted by Gasteiger charge is 2.28. The van der Waals surface area contributed by atoms with E-state index in [9.17, 15) is 4.79 Å². The molecule has 0 unspecified atom stereocenters. The quantitative estimate of drug-likeness (QED) is 0.485. The number of allylic oxidation sites excluding steroid dienone is 2. The molecular weight excluding hydrogens is 172 g/mol. The van der Waals surface area contributed by atoms with E-state index in [1.807, 2.05) is 0 Å². The van der Waals surface area contributed by atoms with E-state index < -0.39 is 0 Å². The summed E-state index contributed by atoms with van der Waals surface area (Å²) in [6.07, 6.45) is 9.76. The molecule has 1 aliphatic rings. The Hall–Kier alpha value is -0.590. The molecule has 0 radical (unpaired) electrons. The number of aldehydes is 1. The summed E-state index contributed by atoms with van der Waals surface area (Å²) in [6.45, 7) is 7.00. The third kappa shape index (κ3) is 3.28. The predicted molar refractivity (Wildman–Crippen MR) is 60.1 cm³/mol. The summed E-state index contributed by atoms with van der Waals surface area (Å²) in [5.41, 5.74) is 0.458. The molecule has 0 aromatic rings. The van der Waals surface area contributed by atoms with E-state index in [1.54, 1.807) is 6.08 Å². The number of rotatable bonds is 2. The van der Waals surface area contributed by atoms with Crippen LogP contribution in [0.4, 0.5) is 0 Å². The Balaban J connectivity index is 2.38. The first-order valence-corrected chi connectivity index (χ1v) is 5.66. The molecule has 1 heteroatoms. The summed E-state index contributed by atoms with van der Waals surface area (Å²) >= 11 is 0. The van der Waals surface area contributed by atoms with Gasteiger partial charge in [0.1, 0.15) is 6.29 Å². The van der Waals surface area contributed by atoms with Gasteiger partial charge >= 0.3 is 0 Å². The van der Waals surface area contributed by atoms with Gasteiger partial charge in [-0.1, -0.05) is 26.8 Å². The van der Waals surface area contributed by atoms with Gasteiger partial charge in [0.05, 0.1) is 0 Å². The van der Waals surface area contributed by atoms with Crippen LogP contribution in [0.5, 0.6) is 0 Å². The van der Waals surface area contributed by atoms with Crippen molar-refractivity contribution in [2.45, 2.75) is 46.5 Å². The molecule has 1 saturated carbocycles. The van der Waals surface area contributed by atoms with Crippen LogP contribution in [0.3, 0.4) is 0 Å². The highest BCUT2D eigenvalue weighted by Crippen LogP contribution is 2.39. The standard InChI is InChI=1S/C13H22O/c1-13(2,3)12-8-6-11(7-9-12)5-4-10-14/h4-5,10-12H,6-9H2,1-3H3/b5-4+. The fourth-order valence-electron chi connectivity index (χ4n) is 2.38. The minimum absolute atomic E-state index is 0.458. The van der Waals surface area contributed by atoms with Crippen molar-refractivity contribution in [3.05, 3.63) is 12.2 Å². The van der Waals surface area contributed by atoms with E-state index >= 15 is 0 Å². The zero-order chi connectivity index (χ0) is 10.6. The molecule has 0 N–H and O–H groups in total. The molecule has 0 spiro atoms. The van der Waals surface area contributed by atoms with Crippen molar-refractivity contribution in [3.63, 3.8) is 0 Å². The average molecular weight is 194 g/mol. The minimum atomic E-state index is 0.458. The Morgan fingerprint density at radius 3 is 2.07 bits per heavy atom. The van der Waals surface area contributed by atoms with Crippen molar-refractivity contribution in [2.75, 3.05) is 0 Å². The lowest BCUT2D eigenvalue weighted by atomic mass is 9.70. The lowest BCUT2D eigenvalue weighted by molar-refractivity contribution is -0.104. The van der Waals surface area contributed by atoms with Gasteiger partial charge in [0.25, 0.3) is 0 Å². The molecule has 1 nitrogen and oxygen atoms in total. The molecule has 1 rings (SSSR count). The average Bonchev–Trinajstić information content (AvgIpc) is 2.14. The molecule has 0 bridgehead atoms. The molecule has 14 heavy (non-hydrogen) atoms. The monoisotopic (exact) mass is 194 g/mol. The number of hydrogen-bond acceptors (Lipinski definition) is 1. The van der Waals surface area contributed by atoms with Crippen molar-refractivity contribution in [1.29, 1.82) is 0 Å². The zero-order valence-corrected chi connectivity index (χ0v) is 9.62. The topological polar surface area (TPSA) is 17.1 Å². The molecule has 1 fully saturated rings. The molecule has 1 aliphatic carbocycles. The van der Waals surface area contributed by atoms with Crippen LogP contribution in [0.1, 0.15) is 46.5 Å². The van der Waals surface area contributed by atoms with E-state index in [1.165, 1.54) is 25.7 Å². The molecule has 0 aliphatic heterocycles. The van der Waals surface area contributed by atoms with Crippen LogP contribution in [0, 0.1) is 17.3 Å². The van der Waals surface area contributed by atoms with Crippen LogP contribution in [-0.2, 0) is 4.79 Å². The maximum Gasteiger partial charge on any atom is 0.142 e.